The summed E-state index contributed by atoms with van der Waals surface area (Å²) in [4.78, 5) is 58.6. The number of aryl methyl sites for hydroxylation is 1. The highest BCUT2D eigenvalue weighted by Crippen LogP contribution is 2.47. The van der Waals surface area contributed by atoms with Gasteiger partial charge in [-0.2, -0.15) is 26.3 Å². The molecule has 778 valence electrons. The normalized spacial score (nSPS) is 24.5. The fraction of sp³-hybridized carbons (Fsp3) is 0.667. The number of rotatable bonds is 49. The Balaban J connectivity index is 0.000000192. The fourth-order valence-corrected chi connectivity index (χ4v) is 24.0. The molecule has 0 amide bonds. The minimum atomic E-state index is -4.87. The number of esters is 4. The van der Waals surface area contributed by atoms with Crippen LogP contribution in [0.1, 0.15) is 161 Å². The molecule has 14 atom stereocenters. The lowest BCUT2D eigenvalue weighted by atomic mass is 9.86. The molecule has 4 aliphatic heterocycles. The lowest BCUT2D eigenvalue weighted by Crippen LogP contribution is -2.38. The van der Waals surface area contributed by atoms with Crippen LogP contribution < -0.4 is 0 Å². The van der Waals surface area contributed by atoms with Crippen molar-refractivity contribution in [1.29, 1.82) is 0 Å². The number of hydrogen-bond donors (Lipinski definition) is 2. The number of ether oxygens (including phenoxy) is 10. The summed E-state index contributed by atoms with van der Waals surface area (Å²) < 4.78 is 168. The Labute approximate surface area is 851 Å². The van der Waals surface area contributed by atoms with E-state index in [0.29, 0.717) is 188 Å². The Morgan fingerprint density at radius 1 is 0.453 bits per heavy atom. The third-order valence-electron chi connectivity index (χ3n) is 26.6. The molecule has 21 nitrogen and oxygen atoms in total. The zero-order valence-corrected chi connectivity index (χ0v) is 85.5. The van der Waals surface area contributed by atoms with Gasteiger partial charge in [-0.05, 0) is 180 Å². The molecule has 4 aliphatic carbocycles. The number of aliphatic hydroxyl groups excluding tert-OH is 2. The SMILES string of the molecule is O=C(CCC/C=C\C[C@H]1C(F)CC(O)[C@@H]1CSc1cc(Cl)cc(Cl)c1)OCCN1CCOCC1.O=C(CCCCCC[C@H]1C(F)CC[C@@H]1CCc1ccccc1)OCCN1CCOCC1.O=C(CCCCOC[C@H]1C(Cl)CC[C@@H]1CSc1cc(C(F)(F)F)cc(C(F)(F)F)c1)OCCN1CCOCC1.O=C(OCCN1CCOCC1)c1ccc(COC[C@H]2C(Cl)CC(O)[C@@H]2CSc2ccccc2Cl)o1. The number of alkyl halides is 10. The van der Waals surface area contributed by atoms with Crippen molar-refractivity contribution >= 4 is 117 Å². The Hall–Kier alpha value is -4.76. The predicted octanol–water partition coefficient (Wildman–Crippen LogP) is 21.5. The summed E-state index contributed by atoms with van der Waals surface area (Å²) in [5, 5.41) is 22.4. The van der Waals surface area contributed by atoms with Crippen LogP contribution in [0.4, 0.5) is 35.1 Å². The maximum absolute atomic E-state index is 14.6. The molecule has 5 aromatic rings. The second-order valence-corrected chi connectivity index (χ2v) is 42.2. The van der Waals surface area contributed by atoms with Crippen LogP contribution in [0.25, 0.3) is 0 Å². The number of unbranched alkanes of at least 4 members (excludes halogenated alkanes) is 5. The van der Waals surface area contributed by atoms with Crippen LogP contribution in [0.2, 0.25) is 15.1 Å². The van der Waals surface area contributed by atoms with Crippen molar-refractivity contribution in [3.8, 4) is 0 Å². The maximum atomic E-state index is 14.6. The highest BCUT2D eigenvalue weighted by Gasteiger charge is 2.45. The molecule has 0 radical (unpaired) electrons. The largest absolute Gasteiger partial charge is 0.464 e. The van der Waals surface area contributed by atoms with E-state index in [-0.39, 0.29) is 99.8 Å². The van der Waals surface area contributed by atoms with E-state index in [9.17, 15) is 64.5 Å². The van der Waals surface area contributed by atoms with Crippen molar-refractivity contribution in [3.05, 3.63) is 159 Å². The van der Waals surface area contributed by atoms with Crippen molar-refractivity contribution < 1.29 is 116 Å². The van der Waals surface area contributed by atoms with E-state index in [2.05, 4.69) is 43.9 Å². The summed E-state index contributed by atoms with van der Waals surface area (Å²) in [5.41, 5.74) is -1.27. The molecule has 4 saturated heterocycles. The third kappa shape index (κ3) is 43.3. The smallest absolute Gasteiger partial charge is 0.416 e. The standard InChI is InChI=1S/C26H34ClF6NO4S.C26H40FNO3.C25H34Cl2FNO4S.C25H31Cl2NO6S/c27-23-5-4-18(17-39-21-14-19(25(28,29)30)13-20(15-21)26(31,32)33)22(23)16-37-9-2-1-3-24(35)38-12-8-34-6-10-36-11-7-34;27-25-15-14-23(13-12-22-8-4-3-5-9-22)24(25)10-6-1-2-7-11-26(29)31-21-18-28-16-19-30-20-17-28;26-18-13-19(27)15-20(14-18)34-17-22-21(23(28)16-24(22)30)5-3-1-2-4-6-25(31)33-12-9-29-7-10-32-11-8-29;26-20-3-1-2-4-24(20)35-16-19-18(21(27)13-22(19)29)15-32-14-17-5-6-23(34-17)25(30)33-12-9-28-7-10-31-11-8-28/h13-15,18,22-23H,1-12,16-17H2;3-5,8-9,23-25H,1-2,6-7,10-21H2;1,3,13-15,21-24,30H,2,4-12,16-17H2;1-6,18-19,21-22,29H,7-16H2/b;;3-1-;/t18-,22-,23?;23-,24+,25?;21-,22-,23?,24?;18-,19-,21?,22?/m1011/s1. The summed E-state index contributed by atoms with van der Waals surface area (Å²) in [6.45, 7) is 18.6. The van der Waals surface area contributed by atoms with E-state index in [1.165, 1.54) is 5.56 Å². The Kier molecular flexibility index (Phi) is 53.2. The van der Waals surface area contributed by atoms with Gasteiger partial charge in [0.1, 0.15) is 51.1 Å². The highest BCUT2D eigenvalue weighted by atomic mass is 35.5. The minimum Gasteiger partial charge on any atom is -0.464 e. The van der Waals surface area contributed by atoms with Gasteiger partial charge in [0.15, 0.2) is 0 Å². The number of furan rings is 1. The summed E-state index contributed by atoms with van der Waals surface area (Å²) in [6, 6.07) is 28.5. The first-order valence-corrected chi connectivity index (χ1v) is 54.1. The van der Waals surface area contributed by atoms with Crippen LogP contribution in [0.3, 0.4) is 0 Å². The molecule has 4 aromatic carbocycles. The van der Waals surface area contributed by atoms with Gasteiger partial charge in [0.05, 0.1) is 94.4 Å². The van der Waals surface area contributed by atoms with E-state index >= 15 is 0 Å². The summed E-state index contributed by atoms with van der Waals surface area (Å²) in [5.74, 6) is 1.67. The predicted molar refractivity (Wildman–Crippen MR) is 529 cm³/mol. The van der Waals surface area contributed by atoms with Crippen LogP contribution in [-0.4, -0.2) is 284 Å². The van der Waals surface area contributed by atoms with E-state index in [1.54, 1.807) is 41.7 Å². The number of thioether (sulfide) groups is 3. The second-order valence-electron chi connectivity index (χ2n) is 36.5. The average molecular weight is 2120 g/mol. The number of allylic oxidation sites excluding steroid dienone is 2. The minimum absolute atomic E-state index is 0.00115. The number of morpholine rings is 4. The fourth-order valence-electron chi connectivity index (χ4n) is 18.5. The van der Waals surface area contributed by atoms with Gasteiger partial charge in [-0.1, -0.05) is 109 Å². The Morgan fingerprint density at radius 2 is 0.957 bits per heavy atom. The summed E-state index contributed by atoms with van der Waals surface area (Å²) in [6.07, 6.45) is 7.01. The molecular weight excluding hydrogens is 1980 g/mol. The van der Waals surface area contributed by atoms with Gasteiger partial charge in [0.25, 0.3) is 0 Å². The number of hydrogen-bond acceptors (Lipinski definition) is 24. The van der Waals surface area contributed by atoms with Crippen molar-refractivity contribution in [3.63, 3.8) is 0 Å². The van der Waals surface area contributed by atoms with E-state index in [1.807, 2.05) is 54.6 Å². The molecule has 8 fully saturated rings. The summed E-state index contributed by atoms with van der Waals surface area (Å²) in [7, 11) is 0. The molecule has 0 spiro atoms. The van der Waals surface area contributed by atoms with E-state index in [0.717, 1.165) is 196 Å². The molecule has 139 heavy (non-hydrogen) atoms. The first-order valence-electron chi connectivity index (χ1n) is 49.2. The monoisotopic (exact) mass is 2110 g/mol. The molecule has 1 aromatic heterocycles. The van der Waals surface area contributed by atoms with Gasteiger partial charge < -0.3 is 62.0 Å². The van der Waals surface area contributed by atoms with Gasteiger partial charge in [0.2, 0.25) is 5.76 Å². The van der Waals surface area contributed by atoms with Crippen molar-refractivity contribution in [2.45, 2.75) is 204 Å². The molecule has 2 N–H and O–H groups in total. The second kappa shape index (κ2) is 63.7. The number of carbonyl (C=O) groups excluding carboxylic acids is 4. The first kappa shape index (κ1) is 116. The Bertz CT molecular complexity index is 4330. The zero-order valence-electron chi connectivity index (χ0n) is 79.3. The number of carbonyl (C=O) groups is 4. The van der Waals surface area contributed by atoms with Crippen LogP contribution in [0.15, 0.2) is 134 Å². The third-order valence-corrected chi connectivity index (χ3v) is 32.1. The molecule has 6 unspecified atom stereocenters. The van der Waals surface area contributed by atoms with Crippen molar-refractivity contribution in [1.82, 2.24) is 19.6 Å². The molecule has 13 rings (SSSR count). The molecular formula is C102H139Cl5F8N4O17S3. The van der Waals surface area contributed by atoms with E-state index < -0.39 is 54.0 Å². The lowest BCUT2D eigenvalue weighted by molar-refractivity contribution is -0.145. The first-order chi connectivity index (χ1) is 67.1. The number of benzene rings is 4. The van der Waals surface area contributed by atoms with Crippen LogP contribution in [-0.2, 0) is 87.1 Å². The van der Waals surface area contributed by atoms with Gasteiger partial charge in [0, 0.05) is 187 Å². The number of nitrogens with zero attached hydrogens (tertiary/aromatic N) is 4. The Morgan fingerprint density at radius 3 is 1.54 bits per heavy atom. The molecule has 4 saturated carbocycles. The number of aliphatic hydroxyl groups is 2. The van der Waals surface area contributed by atoms with Crippen molar-refractivity contribution in [2.24, 2.45) is 47.3 Å². The molecule has 8 aliphatic rings. The topological polar surface area (TPSA) is 227 Å². The van der Waals surface area contributed by atoms with Gasteiger partial charge >= 0.3 is 36.2 Å². The van der Waals surface area contributed by atoms with Crippen LogP contribution >= 0.6 is 93.3 Å². The van der Waals surface area contributed by atoms with Gasteiger partial charge in [-0.15, -0.1) is 58.5 Å². The molecule has 0 bridgehead atoms. The van der Waals surface area contributed by atoms with Crippen molar-refractivity contribution in [2.75, 3.05) is 195 Å². The zero-order chi connectivity index (χ0) is 99.2. The van der Waals surface area contributed by atoms with Gasteiger partial charge in [-0.25, -0.2) is 13.6 Å². The quantitative estimate of drug-likeness (QED) is 0.00702. The summed E-state index contributed by atoms with van der Waals surface area (Å²) >= 11 is 35.5. The highest BCUT2D eigenvalue weighted by molar-refractivity contribution is 7.99. The van der Waals surface area contributed by atoms with Gasteiger partial charge in [-0.3, -0.25) is 34.0 Å². The average Bonchev–Trinajstić information content (AvgIpc) is 1.48. The van der Waals surface area contributed by atoms with Crippen LogP contribution in [0.5, 0.6) is 0 Å². The lowest BCUT2D eigenvalue weighted by Gasteiger charge is -2.26. The molecule has 37 heteroatoms. The maximum Gasteiger partial charge on any atom is 0.416 e. The molecule has 5 heterocycles. The number of halogens is 13. The van der Waals surface area contributed by atoms with Crippen LogP contribution in [0, 0.1) is 47.3 Å². The van der Waals surface area contributed by atoms with E-state index in [4.69, 9.17) is 110 Å².